The molecule has 4 nitrogen and oxygen atoms in total. The molecule has 1 N–H and O–H groups in total. The summed E-state index contributed by atoms with van der Waals surface area (Å²) in [4.78, 5) is 28.2. The molecule has 1 unspecified atom stereocenters. The van der Waals surface area contributed by atoms with E-state index in [1.807, 2.05) is 47.8 Å². The minimum absolute atomic E-state index is 0.124. The predicted molar refractivity (Wildman–Crippen MR) is 116 cm³/mol. The van der Waals surface area contributed by atoms with Gasteiger partial charge in [-0.3, -0.25) is 14.5 Å². The molecule has 0 saturated carbocycles. The summed E-state index contributed by atoms with van der Waals surface area (Å²) < 4.78 is 0. The van der Waals surface area contributed by atoms with Crippen LogP contribution in [-0.2, 0) is 4.79 Å². The van der Waals surface area contributed by atoms with Crippen molar-refractivity contribution in [3.05, 3.63) is 99.4 Å². The maximum absolute atomic E-state index is 13.2. The smallest absolute Gasteiger partial charge is 0.294 e. The summed E-state index contributed by atoms with van der Waals surface area (Å²) in [5, 5.41) is 12.5. The van der Waals surface area contributed by atoms with Crippen LogP contribution >= 0.6 is 11.3 Å². The first kappa shape index (κ1) is 19.2. The standard InChI is InChI=1S/C24H21NO3S/c1-15(2)16-10-12-17(13-11-16)21-20(22(26)19-9-6-14-29-19)23(27)24(28)25(21)18-7-4-3-5-8-18/h3-15,21,27H,1-2H3. The lowest BCUT2D eigenvalue weighted by Gasteiger charge is -2.27. The van der Waals surface area contributed by atoms with Gasteiger partial charge in [-0.05, 0) is 40.6 Å². The van der Waals surface area contributed by atoms with Crippen molar-refractivity contribution in [2.24, 2.45) is 0 Å². The molecule has 0 saturated heterocycles. The fourth-order valence-corrected chi connectivity index (χ4v) is 4.29. The fourth-order valence-electron chi connectivity index (χ4n) is 3.61. The number of nitrogens with zero attached hydrogens (tertiary/aromatic N) is 1. The lowest BCUT2D eigenvalue weighted by molar-refractivity contribution is -0.117. The number of aliphatic hydroxyl groups is 1. The summed E-state index contributed by atoms with van der Waals surface area (Å²) in [7, 11) is 0. The van der Waals surface area contributed by atoms with Crippen molar-refractivity contribution in [2.75, 3.05) is 4.90 Å². The third-order valence-electron chi connectivity index (χ3n) is 5.15. The van der Waals surface area contributed by atoms with E-state index in [1.165, 1.54) is 21.8 Å². The molecule has 0 spiro atoms. The zero-order chi connectivity index (χ0) is 20.5. The highest BCUT2D eigenvalue weighted by atomic mass is 32.1. The number of hydrogen-bond acceptors (Lipinski definition) is 4. The highest BCUT2D eigenvalue weighted by Crippen LogP contribution is 2.42. The molecule has 4 rings (SSSR count). The van der Waals surface area contributed by atoms with E-state index in [1.54, 1.807) is 24.3 Å². The molecule has 0 radical (unpaired) electrons. The maximum Gasteiger partial charge on any atom is 0.294 e. The normalized spacial score (nSPS) is 16.7. The van der Waals surface area contributed by atoms with Crippen LogP contribution in [0.2, 0.25) is 0 Å². The highest BCUT2D eigenvalue weighted by Gasteiger charge is 2.44. The summed E-state index contributed by atoms with van der Waals surface area (Å²) in [5.41, 5.74) is 2.72. The van der Waals surface area contributed by atoms with Crippen LogP contribution in [0.3, 0.4) is 0 Å². The van der Waals surface area contributed by atoms with Crippen molar-refractivity contribution >= 4 is 28.7 Å². The Labute approximate surface area is 173 Å². The number of carbonyl (C=O) groups is 2. The molecule has 1 aromatic heterocycles. The summed E-state index contributed by atoms with van der Waals surface area (Å²) in [5.74, 6) is -0.989. The average molecular weight is 404 g/mol. The quantitative estimate of drug-likeness (QED) is 0.560. The third kappa shape index (κ3) is 3.38. The molecule has 1 aliphatic rings. The molecular weight excluding hydrogens is 382 g/mol. The minimum Gasteiger partial charge on any atom is -0.503 e. The first-order valence-corrected chi connectivity index (χ1v) is 10.4. The van der Waals surface area contributed by atoms with Gasteiger partial charge in [0.05, 0.1) is 16.5 Å². The lowest BCUT2D eigenvalue weighted by atomic mass is 9.93. The van der Waals surface area contributed by atoms with Crippen LogP contribution in [0.4, 0.5) is 5.69 Å². The van der Waals surface area contributed by atoms with Gasteiger partial charge in [0.15, 0.2) is 5.76 Å². The molecule has 1 atom stereocenters. The molecule has 29 heavy (non-hydrogen) atoms. The van der Waals surface area contributed by atoms with Crippen LogP contribution in [0.15, 0.2) is 83.4 Å². The van der Waals surface area contributed by atoms with Crippen molar-refractivity contribution in [3.8, 4) is 0 Å². The van der Waals surface area contributed by atoms with Crippen LogP contribution in [0.1, 0.15) is 46.6 Å². The molecular formula is C24H21NO3S. The molecule has 0 fully saturated rings. The Bertz CT molecular complexity index is 1070. The zero-order valence-corrected chi connectivity index (χ0v) is 17.0. The summed E-state index contributed by atoms with van der Waals surface area (Å²) >= 11 is 1.30. The van der Waals surface area contributed by atoms with Gasteiger partial charge < -0.3 is 5.11 Å². The van der Waals surface area contributed by atoms with Gasteiger partial charge in [-0.2, -0.15) is 0 Å². The SMILES string of the molecule is CC(C)c1ccc(C2C(C(=O)c3cccs3)=C(O)C(=O)N2c2ccccc2)cc1. The number of benzene rings is 2. The van der Waals surface area contributed by atoms with Crippen molar-refractivity contribution in [1.82, 2.24) is 0 Å². The molecule has 146 valence electrons. The number of para-hydroxylation sites is 1. The second kappa shape index (κ2) is 7.68. The van der Waals surface area contributed by atoms with Gasteiger partial charge in [-0.15, -0.1) is 11.3 Å². The van der Waals surface area contributed by atoms with Gasteiger partial charge in [-0.1, -0.05) is 62.4 Å². The van der Waals surface area contributed by atoms with Crippen molar-refractivity contribution in [1.29, 1.82) is 0 Å². The van der Waals surface area contributed by atoms with E-state index in [0.29, 0.717) is 16.5 Å². The largest absolute Gasteiger partial charge is 0.503 e. The van der Waals surface area contributed by atoms with E-state index in [9.17, 15) is 14.7 Å². The first-order valence-electron chi connectivity index (χ1n) is 9.49. The van der Waals surface area contributed by atoms with Crippen molar-refractivity contribution in [2.45, 2.75) is 25.8 Å². The Morgan fingerprint density at radius 3 is 2.28 bits per heavy atom. The maximum atomic E-state index is 13.2. The number of thiophene rings is 1. The summed E-state index contributed by atoms with van der Waals surface area (Å²) in [6.07, 6.45) is 0. The Kier molecular flexibility index (Phi) is 5.07. The third-order valence-corrected chi connectivity index (χ3v) is 6.02. The molecule has 1 amide bonds. The Morgan fingerprint density at radius 2 is 1.69 bits per heavy atom. The predicted octanol–water partition coefficient (Wildman–Crippen LogP) is 5.65. The van der Waals surface area contributed by atoms with Crippen LogP contribution < -0.4 is 4.90 Å². The molecule has 3 aromatic rings. The number of amides is 1. The van der Waals surface area contributed by atoms with Gasteiger partial charge >= 0.3 is 0 Å². The number of Topliss-reactive ketones (excluding diaryl/α,β-unsaturated/α-hetero) is 1. The van der Waals surface area contributed by atoms with E-state index >= 15 is 0 Å². The monoisotopic (exact) mass is 403 g/mol. The molecule has 2 aromatic carbocycles. The van der Waals surface area contributed by atoms with Gasteiger partial charge in [0.25, 0.3) is 5.91 Å². The first-order chi connectivity index (χ1) is 14.0. The van der Waals surface area contributed by atoms with E-state index in [-0.39, 0.29) is 11.4 Å². The Balaban J connectivity index is 1.86. The molecule has 1 aliphatic heterocycles. The minimum atomic E-state index is -0.680. The van der Waals surface area contributed by atoms with E-state index in [2.05, 4.69) is 13.8 Å². The summed E-state index contributed by atoms with van der Waals surface area (Å²) in [6, 6.07) is 19.8. The Hall–Kier alpha value is -3.18. The van der Waals surface area contributed by atoms with E-state index < -0.39 is 17.7 Å². The van der Waals surface area contributed by atoms with Crippen LogP contribution in [-0.4, -0.2) is 16.8 Å². The molecule has 0 aliphatic carbocycles. The van der Waals surface area contributed by atoms with Crippen molar-refractivity contribution < 1.29 is 14.7 Å². The fraction of sp³-hybridized carbons (Fsp3) is 0.167. The van der Waals surface area contributed by atoms with Gasteiger partial charge in [0.2, 0.25) is 5.78 Å². The number of hydrogen-bond donors (Lipinski definition) is 1. The molecule has 5 heteroatoms. The average Bonchev–Trinajstić information content (AvgIpc) is 3.36. The van der Waals surface area contributed by atoms with Crippen LogP contribution in [0, 0.1) is 0 Å². The Morgan fingerprint density at radius 1 is 1.00 bits per heavy atom. The van der Waals surface area contributed by atoms with Crippen LogP contribution in [0.25, 0.3) is 0 Å². The number of carbonyl (C=O) groups excluding carboxylic acids is 2. The second-order valence-electron chi connectivity index (χ2n) is 7.30. The zero-order valence-electron chi connectivity index (χ0n) is 16.2. The van der Waals surface area contributed by atoms with Gasteiger partial charge in [0.1, 0.15) is 0 Å². The van der Waals surface area contributed by atoms with Gasteiger partial charge in [0, 0.05) is 5.69 Å². The van der Waals surface area contributed by atoms with E-state index in [0.717, 1.165) is 5.56 Å². The van der Waals surface area contributed by atoms with Crippen molar-refractivity contribution in [3.63, 3.8) is 0 Å². The molecule has 2 heterocycles. The van der Waals surface area contributed by atoms with Gasteiger partial charge in [-0.25, -0.2) is 0 Å². The topological polar surface area (TPSA) is 57.6 Å². The lowest BCUT2D eigenvalue weighted by Crippen LogP contribution is -2.31. The number of rotatable bonds is 5. The highest BCUT2D eigenvalue weighted by molar-refractivity contribution is 7.12. The number of ketones is 1. The number of anilines is 1. The van der Waals surface area contributed by atoms with Crippen LogP contribution in [0.5, 0.6) is 0 Å². The molecule has 0 bridgehead atoms. The second-order valence-corrected chi connectivity index (χ2v) is 8.25. The summed E-state index contributed by atoms with van der Waals surface area (Å²) in [6.45, 7) is 4.23. The number of aliphatic hydroxyl groups excluding tert-OH is 1. The van der Waals surface area contributed by atoms with E-state index in [4.69, 9.17) is 0 Å².